The average Bonchev–Trinajstić information content (AvgIpc) is 2.83. The highest BCUT2D eigenvalue weighted by Gasteiger charge is 2.29. The lowest BCUT2D eigenvalue weighted by Gasteiger charge is -2.28. The van der Waals surface area contributed by atoms with Crippen molar-refractivity contribution in [3.05, 3.63) is 88.9 Å². The van der Waals surface area contributed by atoms with Crippen molar-refractivity contribution in [2.45, 2.75) is 18.6 Å². The quantitative estimate of drug-likeness (QED) is 0.334. The van der Waals surface area contributed by atoms with Crippen LogP contribution in [0.3, 0.4) is 0 Å². The number of aliphatic hydroxyl groups excluding tert-OH is 2. The number of halogens is 1. The van der Waals surface area contributed by atoms with Gasteiger partial charge in [-0.25, -0.2) is 4.79 Å². The summed E-state index contributed by atoms with van der Waals surface area (Å²) in [6.07, 6.45) is -1.94. The van der Waals surface area contributed by atoms with E-state index in [0.717, 1.165) is 4.47 Å². The lowest BCUT2D eigenvalue weighted by Crippen LogP contribution is -2.31. The summed E-state index contributed by atoms with van der Waals surface area (Å²) in [5.74, 6) is 1.11. The van der Waals surface area contributed by atoms with Crippen LogP contribution >= 0.6 is 15.9 Å². The number of hydrogen-bond acceptors (Lipinski definition) is 6. The zero-order valence-electron chi connectivity index (χ0n) is 17.9. The van der Waals surface area contributed by atoms with Crippen LogP contribution in [0, 0.1) is 0 Å². The van der Waals surface area contributed by atoms with Crippen molar-refractivity contribution in [2.75, 3.05) is 25.1 Å². The third kappa shape index (κ3) is 7.78. The number of ether oxygens (including phenoxy) is 3. The summed E-state index contributed by atoms with van der Waals surface area (Å²) < 4.78 is 18.3. The van der Waals surface area contributed by atoms with Gasteiger partial charge in [-0.05, 0) is 54.1 Å². The zero-order chi connectivity index (χ0) is 23.5. The number of amides is 1. The third-order valence-corrected chi connectivity index (χ3v) is 5.18. The Morgan fingerprint density at radius 3 is 2.33 bits per heavy atom. The van der Waals surface area contributed by atoms with Crippen molar-refractivity contribution in [2.24, 2.45) is 0 Å². The lowest BCUT2D eigenvalue weighted by atomic mass is 10.0. The largest absolute Gasteiger partial charge is 0.491 e. The standard InChI is InChI=1S/C25H26BrNO6/c26-19-9-11-20(12-10-19)27-25(30)33-24(18-5-4-8-22(17-18)31-16-15-29)23(13-14-28)32-21-6-2-1-3-7-21/h1-12,17,23-24,28-29H,13-16H2,(H,27,30)/t23-,24-/m1/s1. The van der Waals surface area contributed by atoms with Gasteiger partial charge in [-0.15, -0.1) is 0 Å². The van der Waals surface area contributed by atoms with Gasteiger partial charge in [-0.2, -0.15) is 0 Å². The van der Waals surface area contributed by atoms with Gasteiger partial charge in [0.2, 0.25) is 0 Å². The normalized spacial score (nSPS) is 12.5. The van der Waals surface area contributed by atoms with Crippen molar-refractivity contribution in [3.8, 4) is 11.5 Å². The maximum Gasteiger partial charge on any atom is 0.412 e. The molecule has 3 rings (SSSR count). The molecule has 7 nitrogen and oxygen atoms in total. The Bertz CT molecular complexity index is 999. The number of hydrogen-bond donors (Lipinski definition) is 3. The minimum atomic E-state index is -0.842. The van der Waals surface area contributed by atoms with Gasteiger partial charge in [0.15, 0.2) is 6.10 Å². The highest BCUT2D eigenvalue weighted by molar-refractivity contribution is 9.10. The summed E-state index contributed by atoms with van der Waals surface area (Å²) in [7, 11) is 0. The van der Waals surface area contributed by atoms with Gasteiger partial charge in [0.25, 0.3) is 0 Å². The third-order valence-electron chi connectivity index (χ3n) is 4.65. The number of rotatable bonds is 11. The first kappa shape index (κ1) is 24.6. The molecule has 0 aliphatic heterocycles. The van der Waals surface area contributed by atoms with Gasteiger partial charge in [-0.3, -0.25) is 5.32 Å². The van der Waals surface area contributed by atoms with Crippen LogP contribution in [0.4, 0.5) is 10.5 Å². The molecule has 174 valence electrons. The molecule has 0 radical (unpaired) electrons. The topological polar surface area (TPSA) is 97.3 Å². The highest BCUT2D eigenvalue weighted by atomic mass is 79.9. The van der Waals surface area contributed by atoms with Crippen LogP contribution in [-0.4, -0.2) is 42.2 Å². The first-order chi connectivity index (χ1) is 16.1. The number of nitrogens with one attached hydrogen (secondary N) is 1. The molecule has 1 amide bonds. The number of aliphatic hydroxyl groups is 2. The number of anilines is 1. The van der Waals surface area contributed by atoms with Crippen molar-refractivity contribution < 1.29 is 29.2 Å². The van der Waals surface area contributed by atoms with Crippen LogP contribution < -0.4 is 14.8 Å². The van der Waals surface area contributed by atoms with E-state index in [1.165, 1.54) is 0 Å². The Balaban J connectivity index is 1.86. The fourth-order valence-corrected chi connectivity index (χ4v) is 3.44. The molecule has 0 saturated heterocycles. The molecule has 33 heavy (non-hydrogen) atoms. The van der Waals surface area contributed by atoms with Crippen molar-refractivity contribution >= 4 is 27.7 Å². The number of benzene rings is 3. The predicted octanol–water partition coefficient (Wildman–Crippen LogP) is 4.94. The summed E-state index contributed by atoms with van der Waals surface area (Å²) in [6, 6.07) is 23.3. The Hall–Kier alpha value is -3.07. The molecule has 2 atom stereocenters. The molecule has 0 saturated carbocycles. The Kier molecular flexibility index (Phi) is 9.56. The smallest absolute Gasteiger partial charge is 0.412 e. The highest BCUT2D eigenvalue weighted by Crippen LogP contribution is 2.30. The summed E-state index contributed by atoms with van der Waals surface area (Å²) in [4.78, 5) is 12.8. The van der Waals surface area contributed by atoms with Crippen LogP contribution in [0.15, 0.2) is 83.3 Å². The van der Waals surface area contributed by atoms with Crippen molar-refractivity contribution in [3.63, 3.8) is 0 Å². The molecule has 0 fully saturated rings. The van der Waals surface area contributed by atoms with Gasteiger partial charge in [0.1, 0.15) is 24.2 Å². The second-order valence-electron chi connectivity index (χ2n) is 7.08. The van der Waals surface area contributed by atoms with Crippen LogP contribution in [0.1, 0.15) is 18.1 Å². The van der Waals surface area contributed by atoms with Crippen LogP contribution in [0.25, 0.3) is 0 Å². The number of carbonyl (C=O) groups excluding carboxylic acids is 1. The molecule has 0 aliphatic rings. The fraction of sp³-hybridized carbons (Fsp3) is 0.240. The van der Waals surface area contributed by atoms with E-state index in [-0.39, 0.29) is 26.2 Å². The summed E-state index contributed by atoms with van der Waals surface area (Å²) >= 11 is 3.36. The Labute approximate surface area is 201 Å². The van der Waals surface area contributed by atoms with E-state index in [1.54, 1.807) is 48.5 Å². The summed E-state index contributed by atoms with van der Waals surface area (Å²) in [5.41, 5.74) is 1.20. The molecule has 0 aliphatic carbocycles. The summed E-state index contributed by atoms with van der Waals surface area (Å²) in [6.45, 7) is -0.143. The first-order valence-corrected chi connectivity index (χ1v) is 11.3. The molecule has 8 heteroatoms. The number of para-hydroxylation sites is 1. The van der Waals surface area contributed by atoms with E-state index < -0.39 is 18.3 Å². The molecule has 3 aromatic rings. The average molecular weight is 516 g/mol. The van der Waals surface area contributed by atoms with E-state index in [9.17, 15) is 9.90 Å². The molecule has 3 aromatic carbocycles. The van der Waals surface area contributed by atoms with E-state index in [0.29, 0.717) is 22.7 Å². The van der Waals surface area contributed by atoms with E-state index in [2.05, 4.69) is 21.2 Å². The van der Waals surface area contributed by atoms with Gasteiger partial charge >= 0.3 is 6.09 Å². The molecule has 0 heterocycles. The Morgan fingerprint density at radius 1 is 0.909 bits per heavy atom. The van der Waals surface area contributed by atoms with Crippen molar-refractivity contribution in [1.82, 2.24) is 0 Å². The monoisotopic (exact) mass is 515 g/mol. The van der Waals surface area contributed by atoms with Crippen LogP contribution in [0.5, 0.6) is 11.5 Å². The zero-order valence-corrected chi connectivity index (χ0v) is 19.5. The summed E-state index contributed by atoms with van der Waals surface area (Å²) in [5, 5.41) is 21.4. The van der Waals surface area contributed by atoms with Crippen molar-refractivity contribution in [1.29, 1.82) is 0 Å². The lowest BCUT2D eigenvalue weighted by molar-refractivity contribution is 0.00897. The fourth-order valence-electron chi connectivity index (χ4n) is 3.17. The van der Waals surface area contributed by atoms with Crippen LogP contribution in [-0.2, 0) is 4.74 Å². The minimum Gasteiger partial charge on any atom is -0.491 e. The van der Waals surface area contributed by atoms with Gasteiger partial charge in [0.05, 0.1) is 6.61 Å². The SMILES string of the molecule is O=C(Nc1ccc(Br)cc1)O[C@H](c1cccc(OCCO)c1)[C@@H](CCO)Oc1ccccc1. The minimum absolute atomic E-state index is 0.121. The second kappa shape index (κ2) is 12.8. The maximum absolute atomic E-state index is 12.8. The number of carbonyl (C=O) groups is 1. The Morgan fingerprint density at radius 2 is 1.64 bits per heavy atom. The van der Waals surface area contributed by atoms with E-state index >= 15 is 0 Å². The molecule has 0 bridgehead atoms. The van der Waals surface area contributed by atoms with Gasteiger partial charge in [-0.1, -0.05) is 46.3 Å². The molecule has 0 unspecified atom stereocenters. The van der Waals surface area contributed by atoms with Gasteiger partial charge < -0.3 is 24.4 Å². The van der Waals surface area contributed by atoms with Crippen LogP contribution in [0.2, 0.25) is 0 Å². The molecule has 0 aromatic heterocycles. The van der Waals surface area contributed by atoms with Gasteiger partial charge in [0, 0.05) is 23.2 Å². The molecular weight excluding hydrogens is 490 g/mol. The van der Waals surface area contributed by atoms with E-state index in [1.807, 2.05) is 30.3 Å². The second-order valence-corrected chi connectivity index (χ2v) is 8.00. The first-order valence-electron chi connectivity index (χ1n) is 10.5. The van der Waals surface area contributed by atoms with E-state index in [4.69, 9.17) is 19.3 Å². The maximum atomic E-state index is 12.8. The molecular formula is C25H26BrNO6. The predicted molar refractivity (Wildman–Crippen MR) is 129 cm³/mol. The molecule has 3 N–H and O–H groups in total. The molecule has 0 spiro atoms.